The highest BCUT2D eigenvalue weighted by atomic mass is 32.2. The Morgan fingerprint density at radius 3 is 2.56 bits per heavy atom. The van der Waals surface area contributed by atoms with E-state index in [9.17, 15) is 4.39 Å². The Bertz CT molecular complexity index is 543. The van der Waals surface area contributed by atoms with Gasteiger partial charge < -0.3 is 5.73 Å². The molecule has 0 aliphatic heterocycles. The first-order valence-corrected chi connectivity index (χ1v) is 6.40. The Hall–Kier alpha value is -1.46. The Labute approximate surface area is 110 Å². The number of nitrogens with zero attached hydrogens (tertiary/aromatic N) is 2. The smallest absolute Gasteiger partial charge is 0.192 e. The summed E-state index contributed by atoms with van der Waals surface area (Å²) in [6, 6.07) is 4.80. The highest BCUT2D eigenvalue weighted by Gasteiger charge is 2.13. The van der Waals surface area contributed by atoms with Crippen molar-refractivity contribution in [1.82, 2.24) is 9.97 Å². The molecule has 3 nitrogen and oxygen atoms in total. The molecule has 0 unspecified atom stereocenters. The summed E-state index contributed by atoms with van der Waals surface area (Å²) in [5, 5.41) is 0.630. The van der Waals surface area contributed by atoms with Crippen molar-refractivity contribution in [3.63, 3.8) is 0 Å². The molecule has 5 heteroatoms. The van der Waals surface area contributed by atoms with Gasteiger partial charge in [-0.2, -0.15) is 0 Å². The second-order valence-electron chi connectivity index (χ2n) is 4.06. The number of halogens is 1. The lowest BCUT2D eigenvalue weighted by molar-refractivity contribution is 0.610. The van der Waals surface area contributed by atoms with Crippen molar-refractivity contribution in [3.05, 3.63) is 47.5 Å². The number of nitrogens with two attached hydrogens (primary N) is 1. The summed E-state index contributed by atoms with van der Waals surface area (Å²) in [5.74, 6) is -0.236. The number of aryl methyl sites for hydroxylation is 1. The molecule has 0 aliphatic carbocycles. The molecule has 1 aromatic heterocycles. The van der Waals surface area contributed by atoms with Gasteiger partial charge in [0, 0.05) is 23.3 Å². The number of benzene rings is 1. The van der Waals surface area contributed by atoms with Gasteiger partial charge in [0.15, 0.2) is 5.16 Å². The van der Waals surface area contributed by atoms with Gasteiger partial charge >= 0.3 is 0 Å². The van der Waals surface area contributed by atoms with Crippen LogP contribution in [0.25, 0.3) is 0 Å². The fraction of sp³-hybridized carbons (Fsp3) is 0.231. The Morgan fingerprint density at radius 1 is 1.28 bits per heavy atom. The molecule has 2 N–H and O–H groups in total. The largest absolute Gasteiger partial charge is 0.324 e. The zero-order chi connectivity index (χ0) is 13.1. The Balaban J connectivity index is 2.40. The summed E-state index contributed by atoms with van der Waals surface area (Å²) in [7, 11) is 0. The van der Waals surface area contributed by atoms with Crippen LogP contribution in [0.2, 0.25) is 0 Å². The van der Waals surface area contributed by atoms with Gasteiger partial charge in [-0.05, 0) is 54.9 Å². The molecule has 1 aromatic carbocycles. The second-order valence-corrected chi connectivity index (χ2v) is 5.07. The van der Waals surface area contributed by atoms with Crippen LogP contribution in [0, 0.1) is 12.7 Å². The molecular formula is C13H14FN3S. The highest BCUT2D eigenvalue weighted by Crippen LogP contribution is 2.32. The molecule has 1 atom stereocenters. The molecule has 2 rings (SSSR count). The van der Waals surface area contributed by atoms with E-state index in [0.717, 1.165) is 10.5 Å². The first-order chi connectivity index (χ1) is 8.58. The van der Waals surface area contributed by atoms with Crippen LogP contribution in [0.4, 0.5) is 4.39 Å². The molecule has 2 aromatic rings. The minimum absolute atomic E-state index is 0.230. The monoisotopic (exact) mass is 263 g/mol. The Morgan fingerprint density at radius 2 is 1.94 bits per heavy atom. The maximum absolute atomic E-state index is 13.6. The maximum atomic E-state index is 13.6. The van der Waals surface area contributed by atoms with Crippen molar-refractivity contribution in [3.8, 4) is 0 Å². The fourth-order valence-electron chi connectivity index (χ4n) is 1.55. The number of rotatable bonds is 3. The summed E-state index contributed by atoms with van der Waals surface area (Å²) >= 11 is 1.40. The fourth-order valence-corrected chi connectivity index (χ4v) is 2.57. The summed E-state index contributed by atoms with van der Waals surface area (Å²) in [6.07, 6.45) is 3.36. The van der Waals surface area contributed by atoms with Gasteiger partial charge in [0.25, 0.3) is 0 Å². The predicted octanol–water partition coefficient (Wildman–Crippen LogP) is 3.10. The van der Waals surface area contributed by atoms with Crippen LogP contribution in [0.15, 0.2) is 40.6 Å². The van der Waals surface area contributed by atoms with Crippen LogP contribution in [0.3, 0.4) is 0 Å². The molecule has 0 radical (unpaired) electrons. The highest BCUT2D eigenvalue weighted by molar-refractivity contribution is 7.99. The van der Waals surface area contributed by atoms with Crippen molar-refractivity contribution in [1.29, 1.82) is 0 Å². The topological polar surface area (TPSA) is 51.8 Å². The first kappa shape index (κ1) is 13.0. The minimum atomic E-state index is -0.236. The van der Waals surface area contributed by atoms with Gasteiger partial charge in [-0.1, -0.05) is 0 Å². The average Bonchev–Trinajstić information content (AvgIpc) is 2.34. The van der Waals surface area contributed by atoms with E-state index in [1.807, 2.05) is 6.92 Å². The lowest BCUT2D eigenvalue weighted by Crippen LogP contribution is -2.07. The van der Waals surface area contributed by atoms with Gasteiger partial charge in [0.2, 0.25) is 0 Å². The van der Waals surface area contributed by atoms with E-state index in [4.69, 9.17) is 5.73 Å². The average molecular weight is 263 g/mol. The van der Waals surface area contributed by atoms with E-state index < -0.39 is 0 Å². The van der Waals surface area contributed by atoms with E-state index in [0.29, 0.717) is 10.7 Å². The predicted molar refractivity (Wildman–Crippen MR) is 69.9 cm³/mol. The van der Waals surface area contributed by atoms with Crippen molar-refractivity contribution in [2.45, 2.75) is 29.9 Å². The molecule has 94 valence electrons. The summed E-state index contributed by atoms with van der Waals surface area (Å²) in [5.41, 5.74) is 7.24. The van der Waals surface area contributed by atoms with E-state index >= 15 is 0 Å². The van der Waals surface area contributed by atoms with E-state index in [2.05, 4.69) is 9.97 Å². The molecule has 0 amide bonds. The van der Waals surface area contributed by atoms with Gasteiger partial charge in [0.05, 0.1) is 0 Å². The third kappa shape index (κ3) is 2.86. The number of hydrogen-bond acceptors (Lipinski definition) is 4. The number of hydrogen-bond donors (Lipinski definition) is 1. The van der Waals surface area contributed by atoms with Crippen LogP contribution in [-0.2, 0) is 0 Å². The molecule has 18 heavy (non-hydrogen) atoms. The van der Waals surface area contributed by atoms with Crippen molar-refractivity contribution < 1.29 is 4.39 Å². The molecule has 0 bridgehead atoms. The van der Waals surface area contributed by atoms with Crippen LogP contribution in [0.5, 0.6) is 0 Å². The van der Waals surface area contributed by atoms with E-state index in [-0.39, 0.29) is 11.9 Å². The summed E-state index contributed by atoms with van der Waals surface area (Å²) in [4.78, 5) is 9.19. The summed E-state index contributed by atoms with van der Waals surface area (Å²) < 4.78 is 13.6. The zero-order valence-corrected chi connectivity index (χ0v) is 11.0. The van der Waals surface area contributed by atoms with Crippen LogP contribution in [-0.4, -0.2) is 9.97 Å². The second kappa shape index (κ2) is 5.46. The molecule has 0 saturated carbocycles. The van der Waals surface area contributed by atoms with Gasteiger partial charge in [-0.25, -0.2) is 14.4 Å². The third-order valence-corrected chi connectivity index (χ3v) is 3.49. The SMILES string of the molecule is Cc1cc(Sc2ncccn2)c([C@@H](C)N)cc1F. The quantitative estimate of drug-likeness (QED) is 0.865. The molecular weight excluding hydrogens is 249 g/mol. The molecule has 0 fully saturated rings. The third-order valence-electron chi connectivity index (χ3n) is 2.52. The first-order valence-electron chi connectivity index (χ1n) is 5.58. The minimum Gasteiger partial charge on any atom is -0.324 e. The van der Waals surface area contributed by atoms with Crippen molar-refractivity contribution >= 4 is 11.8 Å². The molecule has 0 spiro atoms. The molecule has 0 aliphatic rings. The van der Waals surface area contributed by atoms with E-state index in [1.165, 1.54) is 17.8 Å². The van der Waals surface area contributed by atoms with Crippen molar-refractivity contribution in [2.24, 2.45) is 5.73 Å². The van der Waals surface area contributed by atoms with E-state index in [1.54, 1.807) is 31.5 Å². The van der Waals surface area contributed by atoms with Crippen LogP contribution in [0.1, 0.15) is 24.1 Å². The molecule has 1 heterocycles. The van der Waals surface area contributed by atoms with Gasteiger partial charge in [-0.15, -0.1) is 0 Å². The zero-order valence-electron chi connectivity index (χ0n) is 10.2. The lowest BCUT2D eigenvalue weighted by atomic mass is 10.1. The van der Waals surface area contributed by atoms with Crippen LogP contribution < -0.4 is 5.73 Å². The van der Waals surface area contributed by atoms with Gasteiger partial charge in [-0.3, -0.25) is 0 Å². The van der Waals surface area contributed by atoms with Crippen LogP contribution >= 0.6 is 11.8 Å². The van der Waals surface area contributed by atoms with Crippen molar-refractivity contribution in [2.75, 3.05) is 0 Å². The maximum Gasteiger partial charge on any atom is 0.192 e. The van der Waals surface area contributed by atoms with Gasteiger partial charge in [0.1, 0.15) is 5.82 Å². The molecule has 0 saturated heterocycles. The standard InChI is InChI=1S/C13H14FN3S/c1-8-6-12(10(9(2)15)7-11(8)14)18-13-16-4-3-5-17-13/h3-7,9H,15H2,1-2H3/t9-/m1/s1. The number of aromatic nitrogens is 2. The normalized spacial score (nSPS) is 12.4. The lowest BCUT2D eigenvalue weighted by Gasteiger charge is -2.13. The Kier molecular flexibility index (Phi) is 3.93. The summed E-state index contributed by atoms with van der Waals surface area (Å²) in [6.45, 7) is 3.57.